The van der Waals surface area contributed by atoms with Crippen LogP contribution in [-0.4, -0.2) is 30.5 Å². The largest absolute Gasteiger partial charge is 0.351 e. The average Bonchev–Trinajstić information content (AvgIpc) is 2.97. The number of carbonyl (C=O) groups is 1. The number of hydrogen-bond donors (Lipinski definition) is 1. The summed E-state index contributed by atoms with van der Waals surface area (Å²) in [6.45, 7) is 2.12. The molecule has 10 heteroatoms. The van der Waals surface area contributed by atoms with Gasteiger partial charge in [0.05, 0.1) is 5.69 Å². The smallest absolute Gasteiger partial charge is 0.270 e. The molecule has 6 nitrogen and oxygen atoms in total. The Bertz CT molecular complexity index is 723. The lowest BCUT2D eigenvalue weighted by molar-refractivity contribution is 0.0957. The normalized spacial score (nSPS) is 11.5. The molecule has 0 radical (unpaired) electrons. The molecule has 0 aliphatic heterocycles. The van der Waals surface area contributed by atoms with Crippen molar-refractivity contribution in [3.05, 3.63) is 27.6 Å². The van der Waals surface area contributed by atoms with Crippen LogP contribution in [0.2, 0.25) is 0 Å². The van der Waals surface area contributed by atoms with Gasteiger partial charge in [-0.05, 0) is 37.0 Å². The van der Waals surface area contributed by atoms with Crippen molar-refractivity contribution in [2.75, 3.05) is 6.54 Å². The number of hydrogen-bond acceptors (Lipinski definition) is 7. The Balaban J connectivity index is 1.89. The van der Waals surface area contributed by atoms with Gasteiger partial charge in [-0.1, -0.05) is 4.49 Å². The summed E-state index contributed by atoms with van der Waals surface area (Å²) in [5, 5.41) is 6.50. The third-order valence-electron chi connectivity index (χ3n) is 2.39. The lowest BCUT2D eigenvalue weighted by atomic mass is 10.3. The Kier molecular flexibility index (Phi) is 4.74. The van der Waals surface area contributed by atoms with E-state index < -0.39 is 9.05 Å². The van der Waals surface area contributed by atoms with Crippen molar-refractivity contribution in [1.29, 1.82) is 0 Å². The first kappa shape index (κ1) is 15.4. The average molecular weight is 352 g/mol. The molecule has 2 aromatic heterocycles. The molecule has 0 bridgehead atoms. The van der Waals surface area contributed by atoms with Crippen molar-refractivity contribution in [2.24, 2.45) is 0 Å². The zero-order valence-electron chi connectivity index (χ0n) is 10.3. The van der Waals surface area contributed by atoms with Crippen molar-refractivity contribution in [3.8, 4) is 0 Å². The van der Waals surface area contributed by atoms with Gasteiger partial charge in [0, 0.05) is 22.1 Å². The summed E-state index contributed by atoms with van der Waals surface area (Å²) in [7, 11) is 1.57. The highest BCUT2D eigenvalue weighted by Gasteiger charge is 2.14. The van der Waals surface area contributed by atoms with Crippen molar-refractivity contribution in [3.63, 3.8) is 0 Å². The summed E-state index contributed by atoms with van der Waals surface area (Å²) in [5.74, 6) is -0.223. The highest BCUT2D eigenvalue weighted by molar-refractivity contribution is 8.15. The molecule has 2 aromatic rings. The fraction of sp³-hybridized carbons (Fsp3) is 0.300. The lowest BCUT2D eigenvalue weighted by Gasteiger charge is -2.01. The van der Waals surface area contributed by atoms with Gasteiger partial charge in [0.2, 0.25) is 0 Å². The molecule has 0 saturated heterocycles. The molecule has 20 heavy (non-hydrogen) atoms. The van der Waals surface area contributed by atoms with Crippen LogP contribution < -0.4 is 5.32 Å². The number of amides is 1. The summed E-state index contributed by atoms with van der Waals surface area (Å²) in [5.41, 5.74) is 0.596. The van der Waals surface area contributed by atoms with E-state index in [0.29, 0.717) is 23.5 Å². The van der Waals surface area contributed by atoms with Crippen LogP contribution in [-0.2, 0) is 15.5 Å². The van der Waals surface area contributed by atoms with E-state index in [2.05, 4.69) is 14.9 Å². The van der Waals surface area contributed by atoms with E-state index in [1.807, 2.05) is 0 Å². The standard InChI is InChI=1S/C10H10ClN3O3S3/c1-6-9(19-14-13-6)10(15)12-5-4-7-2-3-8(18-7)20(11,16)17/h2-3H,4-5H2,1H3,(H,12,15). The van der Waals surface area contributed by atoms with E-state index in [-0.39, 0.29) is 10.1 Å². The van der Waals surface area contributed by atoms with Gasteiger partial charge in [-0.15, -0.1) is 16.4 Å². The van der Waals surface area contributed by atoms with Crippen molar-refractivity contribution >= 4 is 48.5 Å². The molecule has 0 saturated carbocycles. The zero-order chi connectivity index (χ0) is 14.8. The van der Waals surface area contributed by atoms with Gasteiger partial charge in [0.25, 0.3) is 15.0 Å². The zero-order valence-corrected chi connectivity index (χ0v) is 13.5. The van der Waals surface area contributed by atoms with Gasteiger partial charge in [-0.3, -0.25) is 4.79 Å². The fourth-order valence-corrected chi connectivity index (χ4v) is 4.14. The van der Waals surface area contributed by atoms with Crippen LogP contribution >= 0.6 is 33.6 Å². The second-order valence-electron chi connectivity index (χ2n) is 3.85. The molecule has 0 fully saturated rings. The first-order valence-corrected chi connectivity index (χ1v) is 9.38. The number of nitrogens with zero attached hydrogens (tertiary/aromatic N) is 2. The molecular formula is C10H10ClN3O3S3. The monoisotopic (exact) mass is 351 g/mol. The van der Waals surface area contributed by atoms with Crippen LogP contribution in [0.5, 0.6) is 0 Å². The number of carbonyl (C=O) groups excluding carboxylic acids is 1. The third kappa shape index (κ3) is 3.75. The summed E-state index contributed by atoms with van der Waals surface area (Å²) < 4.78 is 26.0. The predicted molar refractivity (Wildman–Crippen MR) is 78.0 cm³/mol. The molecule has 0 atom stereocenters. The fourth-order valence-electron chi connectivity index (χ4n) is 1.44. The summed E-state index contributed by atoms with van der Waals surface area (Å²) >= 11 is 2.14. The molecule has 0 unspecified atom stereocenters. The number of rotatable bonds is 5. The van der Waals surface area contributed by atoms with Gasteiger partial charge >= 0.3 is 0 Å². The van der Waals surface area contributed by atoms with Crippen LogP contribution in [0.1, 0.15) is 20.2 Å². The maximum atomic E-state index is 11.8. The number of aromatic nitrogens is 2. The van der Waals surface area contributed by atoms with Gasteiger partial charge < -0.3 is 5.32 Å². The number of halogens is 1. The van der Waals surface area contributed by atoms with Crippen LogP contribution in [0.15, 0.2) is 16.3 Å². The molecule has 2 rings (SSSR count). The van der Waals surface area contributed by atoms with Crippen molar-refractivity contribution in [1.82, 2.24) is 14.9 Å². The first-order chi connectivity index (χ1) is 9.38. The summed E-state index contributed by atoms with van der Waals surface area (Å²) in [6.07, 6.45) is 0.536. The molecule has 1 N–H and O–H groups in total. The Hall–Kier alpha value is -1.03. The quantitative estimate of drug-likeness (QED) is 0.830. The Morgan fingerprint density at radius 1 is 1.45 bits per heavy atom. The van der Waals surface area contributed by atoms with E-state index in [4.69, 9.17) is 10.7 Å². The van der Waals surface area contributed by atoms with Crippen LogP contribution in [0, 0.1) is 6.92 Å². The topological polar surface area (TPSA) is 89.0 Å². The van der Waals surface area contributed by atoms with E-state index in [9.17, 15) is 13.2 Å². The highest BCUT2D eigenvalue weighted by atomic mass is 35.7. The molecule has 0 aromatic carbocycles. The van der Waals surface area contributed by atoms with E-state index in [1.165, 1.54) is 6.07 Å². The highest BCUT2D eigenvalue weighted by Crippen LogP contribution is 2.24. The summed E-state index contributed by atoms with van der Waals surface area (Å²) in [4.78, 5) is 13.1. The van der Waals surface area contributed by atoms with E-state index in [0.717, 1.165) is 27.7 Å². The van der Waals surface area contributed by atoms with Gasteiger partial charge in [0.15, 0.2) is 0 Å². The Morgan fingerprint density at radius 2 is 2.20 bits per heavy atom. The van der Waals surface area contributed by atoms with Crippen molar-refractivity contribution in [2.45, 2.75) is 17.6 Å². The number of thiophene rings is 1. The number of aryl methyl sites for hydroxylation is 1. The Morgan fingerprint density at radius 3 is 2.75 bits per heavy atom. The van der Waals surface area contributed by atoms with Gasteiger partial charge in [-0.2, -0.15) is 0 Å². The SMILES string of the molecule is Cc1nnsc1C(=O)NCCc1ccc(S(=O)(=O)Cl)s1. The van der Waals surface area contributed by atoms with Gasteiger partial charge in [-0.25, -0.2) is 8.42 Å². The van der Waals surface area contributed by atoms with Crippen LogP contribution in [0.3, 0.4) is 0 Å². The summed E-state index contributed by atoms with van der Waals surface area (Å²) in [6, 6.07) is 3.15. The Labute approximate surface area is 128 Å². The van der Waals surface area contributed by atoms with Crippen molar-refractivity contribution < 1.29 is 13.2 Å². The van der Waals surface area contributed by atoms with E-state index >= 15 is 0 Å². The molecular weight excluding hydrogens is 342 g/mol. The maximum absolute atomic E-state index is 11.8. The minimum atomic E-state index is -3.68. The lowest BCUT2D eigenvalue weighted by Crippen LogP contribution is -2.25. The molecule has 0 spiro atoms. The molecule has 0 aliphatic carbocycles. The second kappa shape index (κ2) is 6.17. The molecule has 1 amide bonds. The van der Waals surface area contributed by atoms with Crippen LogP contribution in [0.25, 0.3) is 0 Å². The minimum Gasteiger partial charge on any atom is -0.351 e. The second-order valence-corrected chi connectivity index (χ2v) is 8.57. The van der Waals surface area contributed by atoms with E-state index in [1.54, 1.807) is 13.0 Å². The molecule has 0 aliphatic rings. The minimum absolute atomic E-state index is 0.114. The van der Waals surface area contributed by atoms with Crippen LogP contribution in [0.4, 0.5) is 0 Å². The maximum Gasteiger partial charge on any atom is 0.270 e. The molecule has 2 heterocycles. The van der Waals surface area contributed by atoms with Gasteiger partial charge in [0.1, 0.15) is 9.09 Å². The molecule has 108 valence electrons. The predicted octanol–water partition coefficient (Wildman–Crippen LogP) is 1.81. The third-order valence-corrected chi connectivity index (χ3v) is 6.46. The number of nitrogens with one attached hydrogen (secondary N) is 1. The first-order valence-electron chi connectivity index (χ1n) is 5.48.